The third-order valence-electron chi connectivity index (χ3n) is 7.60. The number of aliphatic hydroxyl groups is 1. The number of hydrogen-bond donors (Lipinski definition) is 1. The predicted molar refractivity (Wildman–Crippen MR) is 128 cm³/mol. The van der Waals surface area contributed by atoms with Crippen molar-refractivity contribution >= 4 is 0 Å². The first-order valence-corrected chi connectivity index (χ1v) is 12.1. The molecule has 0 aromatic carbocycles. The maximum Gasteiger partial charge on any atom is 0.186 e. The Hall–Kier alpha value is -0.800. The maximum absolute atomic E-state index is 10.9. The van der Waals surface area contributed by atoms with Crippen LogP contribution in [0.4, 0.5) is 0 Å². The van der Waals surface area contributed by atoms with Crippen LogP contribution in [0, 0.1) is 23.7 Å². The smallest absolute Gasteiger partial charge is 0.186 e. The topological polar surface area (TPSA) is 75.6 Å². The van der Waals surface area contributed by atoms with E-state index in [0.717, 1.165) is 18.4 Å². The standard InChI is InChI=1S/C26H46O7/c1-10-20(28-5)17(4)18-14-19(18)21(27)15(2)12-11-13-16(3)22-23(29-6)24(30-7)25(31-8)26(32-9)33-22/h11-13,15,17-27H,10,14H2,1-9H3/b12-11+,16-13+/t15-,17+,18-,19+,20+,21+,22-,23-,24+,25-,26+/m1/s1. The summed E-state index contributed by atoms with van der Waals surface area (Å²) in [5.41, 5.74) is 0.988. The molecule has 0 aromatic heterocycles. The van der Waals surface area contributed by atoms with Crippen LogP contribution >= 0.6 is 0 Å². The van der Waals surface area contributed by atoms with Crippen molar-refractivity contribution in [3.63, 3.8) is 0 Å². The molecular formula is C26H46O7. The Morgan fingerprint density at radius 2 is 1.61 bits per heavy atom. The van der Waals surface area contributed by atoms with E-state index in [1.54, 1.807) is 35.5 Å². The largest absolute Gasteiger partial charge is 0.392 e. The van der Waals surface area contributed by atoms with Crippen molar-refractivity contribution in [2.45, 2.75) is 83.5 Å². The summed E-state index contributed by atoms with van der Waals surface area (Å²) in [6.45, 7) is 8.47. The maximum atomic E-state index is 10.9. The van der Waals surface area contributed by atoms with Gasteiger partial charge in [0.25, 0.3) is 0 Å². The van der Waals surface area contributed by atoms with E-state index in [4.69, 9.17) is 28.4 Å². The van der Waals surface area contributed by atoms with E-state index in [-0.39, 0.29) is 42.5 Å². The van der Waals surface area contributed by atoms with Crippen LogP contribution in [0.2, 0.25) is 0 Å². The molecule has 2 rings (SSSR count). The summed E-state index contributed by atoms with van der Waals surface area (Å²) in [6, 6.07) is 0. The van der Waals surface area contributed by atoms with Crippen molar-refractivity contribution in [3.05, 3.63) is 23.8 Å². The quantitative estimate of drug-likeness (QED) is 0.412. The molecule has 1 N–H and O–H groups in total. The van der Waals surface area contributed by atoms with E-state index in [1.165, 1.54) is 0 Å². The summed E-state index contributed by atoms with van der Waals surface area (Å²) in [6.07, 6.45) is 6.10. The average Bonchev–Trinajstić information content (AvgIpc) is 3.63. The van der Waals surface area contributed by atoms with Crippen molar-refractivity contribution in [1.29, 1.82) is 0 Å². The second kappa shape index (κ2) is 13.3. The van der Waals surface area contributed by atoms with Crippen LogP contribution in [0.1, 0.15) is 40.5 Å². The molecule has 33 heavy (non-hydrogen) atoms. The second-order valence-corrected chi connectivity index (χ2v) is 9.51. The molecule has 1 aliphatic carbocycles. The van der Waals surface area contributed by atoms with E-state index >= 15 is 0 Å². The van der Waals surface area contributed by atoms with Gasteiger partial charge in [0.2, 0.25) is 0 Å². The molecule has 0 amide bonds. The van der Waals surface area contributed by atoms with Crippen LogP contribution in [0.15, 0.2) is 23.8 Å². The number of aliphatic hydroxyl groups excluding tert-OH is 1. The second-order valence-electron chi connectivity index (χ2n) is 9.51. The summed E-state index contributed by atoms with van der Waals surface area (Å²) in [5.74, 6) is 1.39. The Morgan fingerprint density at radius 1 is 0.970 bits per heavy atom. The molecule has 0 unspecified atom stereocenters. The zero-order valence-electron chi connectivity index (χ0n) is 21.9. The fraction of sp³-hybridized carbons (Fsp3) is 0.846. The van der Waals surface area contributed by atoms with E-state index < -0.39 is 6.29 Å². The lowest BCUT2D eigenvalue weighted by Crippen LogP contribution is -2.60. The molecule has 7 heteroatoms. The third-order valence-corrected chi connectivity index (χ3v) is 7.60. The van der Waals surface area contributed by atoms with Gasteiger partial charge in [-0.1, -0.05) is 39.0 Å². The molecule has 7 nitrogen and oxygen atoms in total. The van der Waals surface area contributed by atoms with Gasteiger partial charge >= 0.3 is 0 Å². The van der Waals surface area contributed by atoms with Crippen molar-refractivity contribution < 1.29 is 33.5 Å². The normalized spacial score (nSPS) is 36.5. The van der Waals surface area contributed by atoms with Gasteiger partial charge in [0, 0.05) is 41.5 Å². The van der Waals surface area contributed by atoms with Crippen molar-refractivity contribution in [2.24, 2.45) is 23.7 Å². The van der Waals surface area contributed by atoms with Gasteiger partial charge in [-0.15, -0.1) is 0 Å². The van der Waals surface area contributed by atoms with Crippen molar-refractivity contribution in [1.82, 2.24) is 0 Å². The number of allylic oxidation sites excluding steroid dienone is 2. The first-order chi connectivity index (χ1) is 15.8. The molecular weight excluding hydrogens is 424 g/mol. The summed E-state index contributed by atoms with van der Waals surface area (Å²) in [4.78, 5) is 0. The Balaban J connectivity index is 2.02. The lowest BCUT2D eigenvalue weighted by Gasteiger charge is -2.44. The van der Waals surface area contributed by atoms with Gasteiger partial charge in [-0.2, -0.15) is 0 Å². The van der Waals surface area contributed by atoms with Gasteiger partial charge in [0.1, 0.15) is 24.4 Å². The molecule has 0 spiro atoms. The van der Waals surface area contributed by atoms with E-state index in [1.807, 2.05) is 19.1 Å². The van der Waals surface area contributed by atoms with Crippen LogP contribution in [0.3, 0.4) is 0 Å². The van der Waals surface area contributed by atoms with Crippen molar-refractivity contribution in [3.8, 4) is 0 Å². The van der Waals surface area contributed by atoms with Crippen molar-refractivity contribution in [2.75, 3.05) is 35.5 Å². The molecule has 1 aliphatic heterocycles. The van der Waals surface area contributed by atoms with Crippen LogP contribution in [0.25, 0.3) is 0 Å². The van der Waals surface area contributed by atoms with Crippen LogP contribution < -0.4 is 0 Å². The predicted octanol–water partition coefficient (Wildman–Crippen LogP) is 3.60. The highest BCUT2D eigenvalue weighted by atomic mass is 16.7. The molecule has 0 radical (unpaired) electrons. The molecule has 0 aromatic rings. The van der Waals surface area contributed by atoms with E-state index in [9.17, 15) is 5.11 Å². The monoisotopic (exact) mass is 470 g/mol. The zero-order chi connectivity index (χ0) is 24.7. The summed E-state index contributed by atoms with van der Waals surface area (Å²) in [5, 5.41) is 10.9. The van der Waals surface area contributed by atoms with Crippen LogP contribution in [-0.4, -0.2) is 83.6 Å². The summed E-state index contributed by atoms with van der Waals surface area (Å²) >= 11 is 0. The Morgan fingerprint density at radius 3 is 2.12 bits per heavy atom. The highest BCUT2D eigenvalue weighted by Crippen LogP contribution is 2.49. The number of rotatable bonds is 13. The summed E-state index contributed by atoms with van der Waals surface area (Å²) in [7, 11) is 8.27. The molecule has 192 valence electrons. The lowest BCUT2D eigenvalue weighted by molar-refractivity contribution is -0.295. The van der Waals surface area contributed by atoms with Gasteiger partial charge in [-0.25, -0.2) is 0 Å². The lowest BCUT2D eigenvalue weighted by atomic mass is 9.91. The Kier molecular flexibility index (Phi) is 11.5. The van der Waals surface area contributed by atoms with E-state index in [0.29, 0.717) is 17.8 Å². The minimum Gasteiger partial charge on any atom is -0.392 e. The highest BCUT2D eigenvalue weighted by Gasteiger charge is 2.49. The molecule has 2 fully saturated rings. The van der Waals surface area contributed by atoms with E-state index in [2.05, 4.69) is 26.8 Å². The average molecular weight is 471 g/mol. The first kappa shape index (κ1) is 28.4. The minimum absolute atomic E-state index is 0.0562. The molecule has 11 atom stereocenters. The fourth-order valence-electron chi connectivity index (χ4n) is 5.38. The highest BCUT2D eigenvalue weighted by molar-refractivity contribution is 5.19. The van der Waals surface area contributed by atoms with Gasteiger partial charge < -0.3 is 33.5 Å². The minimum atomic E-state index is -0.558. The number of methoxy groups -OCH3 is 5. The SMILES string of the molecule is CC[C@H](OC)[C@@H](C)[C@H]1C[C@@H]1[C@@H](O)[C@H](C)/C=C/C=C(\C)[C@H]1O[C@H](OC)[C@H](OC)[C@@H](OC)[C@@H]1OC. The Bertz CT molecular complexity index is 632. The summed E-state index contributed by atoms with van der Waals surface area (Å²) < 4.78 is 34.2. The molecule has 0 bridgehead atoms. The molecule has 1 heterocycles. The number of hydrogen-bond acceptors (Lipinski definition) is 7. The molecule has 1 saturated carbocycles. The third kappa shape index (κ3) is 6.66. The number of ether oxygens (including phenoxy) is 6. The first-order valence-electron chi connectivity index (χ1n) is 12.1. The Labute approximate surface area is 200 Å². The van der Waals surface area contributed by atoms with Gasteiger partial charge in [-0.05, 0) is 43.1 Å². The molecule has 2 aliphatic rings. The fourth-order valence-corrected chi connectivity index (χ4v) is 5.38. The van der Waals surface area contributed by atoms with Gasteiger partial charge in [-0.3, -0.25) is 0 Å². The molecule has 1 saturated heterocycles. The van der Waals surface area contributed by atoms with Crippen LogP contribution in [-0.2, 0) is 28.4 Å². The van der Waals surface area contributed by atoms with Gasteiger partial charge in [0.15, 0.2) is 6.29 Å². The van der Waals surface area contributed by atoms with Gasteiger partial charge in [0.05, 0.1) is 12.2 Å². The zero-order valence-corrected chi connectivity index (χ0v) is 21.9. The van der Waals surface area contributed by atoms with Crippen LogP contribution in [0.5, 0.6) is 0 Å².